The molecule has 0 aromatic carbocycles. The Kier molecular flexibility index (Phi) is 24.4. The van der Waals surface area contributed by atoms with Gasteiger partial charge in [0, 0.05) is 19.3 Å². The van der Waals surface area contributed by atoms with Gasteiger partial charge in [0.15, 0.2) is 18.1 Å². The molecule has 0 saturated heterocycles. The van der Waals surface area contributed by atoms with Gasteiger partial charge < -0.3 is 15.3 Å². The summed E-state index contributed by atoms with van der Waals surface area (Å²) in [7, 11) is 0. The standard InChI is InChI=1S/C35H65NO6/c1-5-9-10-11-12-13-14-15-16-17-18-19-20-21-22-23-24-25-29-36(30(26-6-2)33(37)38,31(27-7-3)34(39)40)32(28-8-4)35(41)42/h9-10,30-32H,5-8,11-29H2,1-4H3,(H2-,37,38,39,40,41,42)/p+1/b10-9+. The van der Waals surface area contributed by atoms with Gasteiger partial charge in [0.1, 0.15) is 0 Å². The third-order valence-corrected chi connectivity index (χ3v) is 8.85. The summed E-state index contributed by atoms with van der Waals surface area (Å²) >= 11 is 0. The van der Waals surface area contributed by atoms with Crippen LogP contribution < -0.4 is 0 Å². The van der Waals surface area contributed by atoms with Crippen LogP contribution in [0, 0.1) is 0 Å². The van der Waals surface area contributed by atoms with E-state index in [-0.39, 0.29) is 30.3 Å². The molecule has 0 rings (SSSR count). The van der Waals surface area contributed by atoms with Crippen LogP contribution in [0.5, 0.6) is 0 Å². The fourth-order valence-corrected chi connectivity index (χ4v) is 6.70. The zero-order valence-corrected chi connectivity index (χ0v) is 27.7. The highest BCUT2D eigenvalue weighted by molar-refractivity contribution is 5.78. The molecule has 0 bridgehead atoms. The number of carbonyl (C=O) groups is 3. The van der Waals surface area contributed by atoms with Crippen LogP contribution in [0.2, 0.25) is 0 Å². The first-order valence-electron chi connectivity index (χ1n) is 17.4. The Labute approximate surface area is 257 Å². The van der Waals surface area contributed by atoms with Crippen LogP contribution in [-0.2, 0) is 14.4 Å². The van der Waals surface area contributed by atoms with E-state index < -0.39 is 36.0 Å². The van der Waals surface area contributed by atoms with E-state index in [0.717, 1.165) is 25.7 Å². The van der Waals surface area contributed by atoms with E-state index in [1.54, 1.807) is 0 Å². The summed E-state index contributed by atoms with van der Waals surface area (Å²) in [6.07, 6.45) is 26.0. The van der Waals surface area contributed by atoms with Crippen molar-refractivity contribution in [3.05, 3.63) is 12.2 Å². The summed E-state index contributed by atoms with van der Waals surface area (Å²) < 4.78 is -0.370. The molecule has 0 aliphatic carbocycles. The zero-order chi connectivity index (χ0) is 31.6. The van der Waals surface area contributed by atoms with E-state index in [0.29, 0.717) is 25.7 Å². The second-order valence-electron chi connectivity index (χ2n) is 12.3. The molecule has 0 saturated carbocycles. The zero-order valence-electron chi connectivity index (χ0n) is 27.7. The third-order valence-electron chi connectivity index (χ3n) is 8.85. The van der Waals surface area contributed by atoms with Crippen molar-refractivity contribution >= 4 is 17.9 Å². The molecular weight excluding hydrogens is 530 g/mol. The minimum absolute atomic E-state index is 0.271. The quantitative estimate of drug-likeness (QED) is 0.0433. The number of unbranched alkanes of at least 4 members (excludes halogenated alkanes) is 14. The number of hydrogen-bond acceptors (Lipinski definition) is 3. The minimum atomic E-state index is -1.08. The Balaban J connectivity index is 4.87. The minimum Gasteiger partial charge on any atom is -0.477 e. The van der Waals surface area contributed by atoms with Gasteiger partial charge in [-0.1, -0.05) is 110 Å². The second kappa shape index (κ2) is 25.6. The van der Waals surface area contributed by atoms with E-state index in [1.807, 2.05) is 20.8 Å². The lowest BCUT2D eigenvalue weighted by molar-refractivity contribution is -0.973. The summed E-state index contributed by atoms with van der Waals surface area (Å²) in [5.41, 5.74) is 0. The highest BCUT2D eigenvalue weighted by Crippen LogP contribution is 2.34. The molecule has 0 aromatic heterocycles. The van der Waals surface area contributed by atoms with E-state index in [9.17, 15) is 29.7 Å². The van der Waals surface area contributed by atoms with Crippen molar-refractivity contribution in [3.8, 4) is 0 Å². The first kappa shape index (κ1) is 40.1. The molecule has 7 nitrogen and oxygen atoms in total. The Hall–Kier alpha value is -1.89. The second-order valence-corrected chi connectivity index (χ2v) is 12.3. The van der Waals surface area contributed by atoms with Crippen molar-refractivity contribution in [2.24, 2.45) is 0 Å². The molecule has 0 amide bonds. The van der Waals surface area contributed by atoms with Crippen LogP contribution >= 0.6 is 0 Å². The molecule has 42 heavy (non-hydrogen) atoms. The van der Waals surface area contributed by atoms with Gasteiger partial charge in [-0.3, -0.25) is 4.48 Å². The summed E-state index contributed by atoms with van der Waals surface area (Å²) in [6.45, 7) is 8.09. The number of carboxylic acid groups (broad SMARTS) is 3. The number of rotatable bonds is 30. The Morgan fingerprint density at radius 2 is 0.810 bits per heavy atom. The molecule has 0 aliphatic rings. The van der Waals surface area contributed by atoms with Gasteiger partial charge in [-0.05, 0) is 51.4 Å². The molecule has 246 valence electrons. The van der Waals surface area contributed by atoms with Gasteiger partial charge in [-0.2, -0.15) is 0 Å². The highest BCUT2D eigenvalue weighted by Gasteiger charge is 2.56. The van der Waals surface area contributed by atoms with Gasteiger partial charge in [-0.15, -0.1) is 0 Å². The van der Waals surface area contributed by atoms with Crippen LogP contribution in [0.3, 0.4) is 0 Å². The molecule has 0 heterocycles. The van der Waals surface area contributed by atoms with Gasteiger partial charge in [0.25, 0.3) is 0 Å². The first-order chi connectivity index (χ1) is 20.2. The van der Waals surface area contributed by atoms with Crippen molar-refractivity contribution < 1.29 is 34.2 Å². The van der Waals surface area contributed by atoms with Crippen LogP contribution in [0.25, 0.3) is 0 Å². The SMILES string of the molecule is CC/C=C/CCCCCCCCCCCCCCCC[N+](C(CCC)C(=O)O)(C(CCC)C(=O)O)C(CCC)C(=O)O. The lowest BCUT2D eigenvalue weighted by Gasteiger charge is -2.50. The van der Waals surface area contributed by atoms with Crippen molar-refractivity contribution in [1.82, 2.24) is 0 Å². The van der Waals surface area contributed by atoms with Crippen molar-refractivity contribution in [2.75, 3.05) is 6.54 Å². The summed E-state index contributed by atoms with van der Waals surface area (Å²) in [6, 6.07) is -3.13. The topological polar surface area (TPSA) is 112 Å². The largest absolute Gasteiger partial charge is 0.477 e. The molecule has 0 aliphatic heterocycles. The number of aliphatic carboxylic acids is 3. The van der Waals surface area contributed by atoms with Crippen LogP contribution in [-0.4, -0.2) is 62.4 Å². The maximum Gasteiger partial charge on any atom is 0.362 e. The molecule has 7 heteroatoms. The van der Waals surface area contributed by atoms with Crippen molar-refractivity contribution in [2.45, 2.75) is 187 Å². The molecule has 3 atom stereocenters. The van der Waals surface area contributed by atoms with E-state index in [2.05, 4.69) is 19.1 Å². The van der Waals surface area contributed by atoms with E-state index >= 15 is 0 Å². The molecular formula is C35H66NO6+. The van der Waals surface area contributed by atoms with Gasteiger partial charge in [-0.25, -0.2) is 14.4 Å². The predicted octanol–water partition coefficient (Wildman–Crippen LogP) is 9.38. The molecule has 3 N–H and O–H groups in total. The average Bonchev–Trinajstić information content (AvgIpc) is 2.95. The normalized spacial score (nSPS) is 15.3. The Morgan fingerprint density at radius 1 is 0.500 bits per heavy atom. The van der Waals surface area contributed by atoms with Crippen LogP contribution in [0.15, 0.2) is 12.2 Å². The fraction of sp³-hybridized carbons (Fsp3) is 0.857. The number of hydrogen-bond donors (Lipinski definition) is 3. The molecule has 0 fully saturated rings. The molecule has 3 unspecified atom stereocenters. The Morgan fingerprint density at radius 3 is 1.10 bits per heavy atom. The van der Waals surface area contributed by atoms with Crippen LogP contribution in [0.4, 0.5) is 0 Å². The summed E-state index contributed by atoms with van der Waals surface area (Å²) in [5.74, 6) is -3.25. The van der Waals surface area contributed by atoms with Crippen molar-refractivity contribution in [3.63, 3.8) is 0 Å². The highest BCUT2D eigenvalue weighted by atomic mass is 16.4. The smallest absolute Gasteiger partial charge is 0.362 e. The predicted molar refractivity (Wildman–Crippen MR) is 173 cm³/mol. The number of nitrogens with zero attached hydrogens (tertiary/aromatic N) is 1. The summed E-state index contributed by atoms with van der Waals surface area (Å²) in [5, 5.41) is 30.9. The van der Waals surface area contributed by atoms with E-state index in [4.69, 9.17) is 0 Å². The summed E-state index contributed by atoms with van der Waals surface area (Å²) in [4.78, 5) is 37.8. The Bertz CT molecular complexity index is 677. The van der Waals surface area contributed by atoms with Crippen LogP contribution in [0.1, 0.15) is 169 Å². The van der Waals surface area contributed by atoms with Gasteiger partial charge >= 0.3 is 17.9 Å². The lowest BCUT2D eigenvalue weighted by Crippen LogP contribution is -2.72. The monoisotopic (exact) mass is 596 g/mol. The number of quaternary nitrogens is 1. The van der Waals surface area contributed by atoms with Gasteiger partial charge in [0.2, 0.25) is 0 Å². The lowest BCUT2D eigenvalue weighted by atomic mass is 9.91. The molecule has 0 aromatic rings. The van der Waals surface area contributed by atoms with E-state index in [1.165, 1.54) is 70.6 Å². The fourth-order valence-electron chi connectivity index (χ4n) is 6.70. The number of allylic oxidation sites excluding steroid dienone is 2. The maximum absolute atomic E-state index is 12.6. The average molecular weight is 597 g/mol. The third kappa shape index (κ3) is 15.5. The van der Waals surface area contributed by atoms with Gasteiger partial charge in [0.05, 0.1) is 6.54 Å². The first-order valence-corrected chi connectivity index (χ1v) is 17.4. The molecule has 0 spiro atoms. The number of carboxylic acids is 3. The molecule has 0 radical (unpaired) electrons. The van der Waals surface area contributed by atoms with Crippen molar-refractivity contribution in [1.29, 1.82) is 0 Å². The maximum atomic E-state index is 12.6.